The second-order valence-corrected chi connectivity index (χ2v) is 3.66. The zero-order valence-corrected chi connectivity index (χ0v) is 8.17. The summed E-state index contributed by atoms with van der Waals surface area (Å²) in [4.78, 5) is 0. The van der Waals surface area contributed by atoms with Crippen molar-refractivity contribution in [3.8, 4) is 0 Å². The number of nitrogens with two attached hydrogens (primary N) is 1. The fourth-order valence-corrected chi connectivity index (χ4v) is 1.68. The highest BCUT2D eigenvalue weighted by Gasteiger charge is 2.27. The van der Waals surface area contributed by atoms with E-state index >= 15 is 0 Å². The SMILES string of the molecule is CC1CCC(c2n[nH]c(=S)n2N)O1. The summed E-state index contributed by atoms with van der Waals surface area (Å²) in [6.07, 6.45) is 2.28. The summed E-state index contributed by atoms with van der Waals surface area (Å²) >= 11 is 4.90. The van der Waals surface area contributed by atoms with Crippen LogP contribution >= 0.6 is 12.2 Å². The largest absolute Gasteiger partial charge is 0.367 e. The Hall–Kier alpha value is -0.880. The Morgan fingerprint density at radius 1 is 1.69 bits per heavy atom. The molecule has 1 saturated heterocycles. The minimum absolute atomic E-state index is 0.00653. The van der Waals surface area contributed by atoms with Crippen molar-refractivity contribution in [3.63, 3.8) is 0 Å². The van der Waals surface area contributed by atoms with Gasteiger partial charge >= 0.3 is 0 Å². The molecule has 2 heterocycles. The molecule has 1 aromatic heterocycles. The number of nitrogens with one attached hydrogen (secondary N) is 1. The minimum Gasteiger partial charge on any atom is -0.367 e. The van der Waals surface area contributed by atoms with Gasteiger partial charge in [-0.25, -0.2) is 4.68 Å². The monoisotopic (exact) mass is 200 g/mol. The molecule has 2 rings (SSSR count). The van der Waals surface area contributed by atoms with Crippen LogP contribution in [-0.2, 0) is 4.74 Å². The quantitative estimate of drug-likeness (QED) is 0.522. The Balaban J connectivity index is 2.26. The van der Waals surface area contributed by atoms with Crippen molar-refractivity contribution in [1.82, 2.24) is 14.9 Å². The van der Waals surface area contributed by atoms with Gasteiger partial charge in [0, 0.05) is 0 Å². The van der Waals surface area contributed by atoms with Crippen LogP contribution in [0.4, 0.5) is 0 Å². The van der Waals surface area contributed by atoms with Crippen molar-refractivity contribution in [3.05, 3.63) is 10.6 Å². The summed E-state index contributed by atoms with van der Waals surface area (Å²) in [5, 5.41) is 6.67. The zero-order chi connectivity index (χ0) is 9.42. The van der Waals surface area contributed by atoms with Crippen LogP contribution in [0, 0.1) is 4.77 Å². The average Bonchev–Trinajstić information content (AvgIpc) is 2.62. The van der Waals surface area contributed by atoms with Gasteiger partial charge in [-0.2, -0.15) is 5.10 Å². The molecule has 3 N–H and O–H groups in total. The van der Waals surface area contributed by atoms with Crippen molar-refractivity contribution in [1.29, 1.82) is 0 Å². The number of rotatable bonds is 1. The highest BCUT2D eigenvalue weighted by atomic mass is 32.1. The molecular formula is C7H12N4OS. The second-order valence-electron chi connectivity index (χ2n) is 3.27. The first-order valence-corrected chi connectivity index (χ1v) is 4.67. The summed E-state index contributed by atoms with van der Waals surface area (Å²) in [5.74, 6) is 6.36. The molecule has 0 bridgehead atoms. The molecule has 5 nitrogen and oxygen atoms in total. The Morgan fingerprint density at radius 2 is 2.46 bits per heavy atom. The van der Waals surface area contributed by atoms with E-state index in [9.17, 15) is 0 Å². The highest BCUT2D eigenvalue weighted by Crippen LogP contribution is 2.30. The van der Waals surface area contributed by atoms with Crippen LogP contribution in [0.3, 0.4) is 0 Å². The molecule has 13 heavy (non-hydrogen) atoms. The average molecular weight is 200 g/mol. The van der Waals surface area contributed by atoms with Crippen molar-refractivity contribution in [2.75, 3.05) is 5.84 Å². The molecule has 0 saturated carbocycles. The van der Waals surface area contributed by atoms with E-state index in [1.54, 1.807) is 0 Å². The normalized spacial score (nSPS) is 28.1. The smallest absolute Gasteiger partial charge is 0.214 e. The molecule has 1 aliphatic rings. The molecule has 1 aromatic rings. The van der Waals surface area contributed by atoms with Gasteiger partial charge in [-0.1, -0.05) is 0 Å². The number of H-pyrrole nitrogens is 1. The zero-order valence-electron chi connectivity index (χ0n) is 7.36. The van der Waals surface area contributed by atoms with E-state index in [-0.39, 0.29) is 12.2 Å². The number of aromatic nitrogens is 3. The number of nitrogens with zero attached hydrogens (tertiary/aromatic N) is 2. The van der Waals surface area contributed by atoms with Crippen LogP contribution in [0.1, 0.15) is 31.7 Å². The van der Waals surface area contributed by atoms with Gasteiger partial charge in [-0.05, 0) is 32.0 Å². The van der Waals surface area contributed by atoms with Gasteiger partial charge in [0.2, 0.25) is 4.77 Å². The van der Waals surface area contributed by atoms with E-state index in [1.807, 2.05) is 6.92 Å². The Labute approximate surface area is 80.9 Å². The van der Waals surface area contributed by atoms with E-state index in [1.165, 1.54) is 4.68 Å². The first-order chi connectivity index (χ1) is 6.18. The summed E-state index contributed by atoms with van der Waals surface area (Å²) in [6, 6.07) is 0. The van der Waals surface area contributed by atoms with E-state index in [4.69, 9.17) is 22.8 Å². The van der Waals surface area contributed by atoms with E-state index < -0.39 is 0 Å². The summed E-state index contributed by atoms with van der Waals surface area (Å²) in [7, 11) is 0. The van der Waals surface area contributed by atoms with Gasteiger partial charge in [0.15, 0.2) is 5.82 Å². The standard InChI is InChI=1S/C7H12N4OS/c1-4-2-3-5(12-4)6-9-10-7(13)11(6)8/h4-5H,2-3,8H2,1H3,(H,10,13). The molecule has 72 valence electrons. The van der Waals surface area contributed by atoms with Gasteiger partial charge < -0.3 is 10.6 Å². The predicted molar refractivity (Wildman–Crippen MR) is 50.1 cm³/mol. The number of nitrogen functional groups attached to an aromatic ring is 1. The fourth-order valence-electron chi connectivity index (χ4n) is 1.54. The van der Waals surface area contributed by atoms with E-state index in [2.05, 4.69) is 10.2 Å². The van der Waals surface area contributed by atoms with E-state index in [0.717, 1.165) is 12.8 Å². The van der Waals surface area contributed by atoms with Gasteiger partial charge in [0.25, 0.3) is 0 Å². The third-order valence-corrected chi connectivity index (χ3v) is 2.54. The Morgan fingerprint density at radius 3 is 2.92 bits per heavy atom. The van der Waals surface area contributed by atoms with Crippen LogP contribution in [0.15, 0.2) is 0 Å². The van der Waals surface area contributed by atoms with Crippen molar-refractivity contribution in [2.45, 2.75) is 32.0 Å². The molecule has 0 aliphatic carbocycles. The van der Waals surface area contributed by atoms with Crippen molar-refractivity contribution >= 4 is 12.2 Å². The Kier molecular flexibility index (Phi) is 2.09. The molecule has 2 unspecified atom stereocenters. The maximum Gasteiger partial charge on any atom is 0.214 e. The third kappa shape index (κ3) is 1.47. The predicted octanol–water partition coefficient (Wildman–Crippen LogP) is 0.894. The summed E-state index contributed by atoms with van der Waals surface area (Å²) in [5.41, 5.74) is 0. The lowest BCUT2D eigenvalue weighted by atomic mass is 10.2. The van der Waals surface area contributed by atoms with Gasteiger partial charge in [-0.15, -0.1) is 0 Å². The first kappa shape index (κ1) is 8.71. The topological polar surface area (TPSA) is 68.9 Å². The molecule has 0 spiro atoms. The van der Waals surface area contributed by atoms with E-state index in [0.29, 0.717) is 10.6 Å². The lowest BCUT2D eigenvalue weighted by Gasteiger charge is -2.08. The van der Waals surface area contributed by atoms with Crippen LogP contribution in [0.5, 0.6) is 0 Å². The maximum absolute atomic E-state index is 5.67. The van der Waals surface area contributed by atoms with Gasteiger partial charge in [-0.3, -0.25) is 5.10 Å². The Bertz CT molecular complexity index is 358. The van der Waals surface area contributed by atoms with Crippen LogP contribution in [0.2, 0.25) is 0 Å². The maximum atomic E-state index is 5.67. The minimum atomic E-state index is -0.00653. The van der Waals surface area contributed by atoms with Crippen LogP contribution in [0.25, 0.3) is 0 Å². The highest BCUT2D eigenvalue weighted by molar-refractivity contribution is 7.71. The summed E-state index contributed by atoms with van der Waals surface area (Å²) < 4.78 is 7.41. The second kappa shape index (κ2) is 3.12. The molecular weight excluding hydrogens is 188 g/mol. The number of aromatic amines is 1. The fraction of sp³-hybridized carbons (Fsp3) is 0.714. The molecule has 0 radical (unpaired) electrons. The molecule has 0 aromatic carbocycles. The first-order valence-electron chi connectivity index (χ1n) is 4.26. The number of hydrogen-bond acceptors (Lipinski definition) is 4. The van der Waals surface area contributed by atoms with Gasteiger partial charge in [0.1, 0.15) is 6.10 Å². The van der Waals surface area contributed by atoms with Crippen LogP contribution < -0.4 is 5.84 Å². The lowest BCUT2D eigenvalue weighted by molar-refractivity contribution is 0.0488. The molecule has 2 atom stereocenters. The van der Waals surface area contributed by atoms with Crippen molar-refractivity contribution < 1.29 is 4.74 Å². The molecule has 0 amide bonds. The number of hydrogen-bond donors (Lipinski definition) is 2. The molecule has 1 aliphatic heterocycles. The lowest BCUT2D eigenvalue weighted by Crippen LogP contribution is -2.16. The third-order valence-electron chi connectivity index (χ3n) is 2.25. The van der Waals surface area contributed by atoms with Crippen molar-refractivity contribution in [2.24, 2.45) is 0 Å². The van der Waals surface area contributed by atoms with Gasteiger partial charge in [0.05, 0.1) is 6.10 Å². The number of ether oxygens (including phenoxy) is 1. The molecule has 1 fully saturated rings. The van der Waals surface area contributed by atoms with Crippen LogP contribution in [-0.4, -0.2) is 21.0 Å². The molecule has 6 heteroatoms. The summed E-state index contributed by atoms with van der Waals surface area (Å²) in [6.45, 7) is 2.04.